The van der Waals surface area contributed by atoms with Gasteiger partial charge >= 0.3 is 0 Å². The molecule has 0 aromatic carbocycles. The third-order valence-corrected chi connectivity index (χ3v) is 5.32. The first-order valence-electron chi connectivity index (χ1n) is 9.05. The Morgan fingerprint density at radius 1 is 1.24 bits per heavy atom. The summed E-state index contributed by atoms with van der Waals surface area (Å²) in [6.07, 6.45) is 6.29. The number of nitrogens with zero attached hydrogens (tertiary/aromatic N) is 5. The maximum atomic E-state index is 13.9. The molecule has 0 amide bonds. The van der Waals surface area contributed by atoms with Gasteiger partial charge in [0.2, 0.25) is 0 Å². The van der Waals surface area contributed by atoms with Crippen LogP contribution < -0.4 is 4.90 Å². The Labute approximate surface area is 147 Å². The Morgan fingerprint density at radius 2 is 2.12 bits per heavy atom. The summed E-state index contributed by atoms with van der Waals surface area (Å²) in [4.78, 5) is 17.9. The van der Waals surface area contributed by atoms with Crippen LogP contribution in [0.15, 0.2) is 18.5 Å². The number of aryl methyl sites for hydroxylation is 2. The highest BCUT2D eigenvalue weighted by Crippen LogP contribution is 2.30. The van der Waals surface area contributed by atoms with E-state index in [1.165, 1.54) is 23.9 Å². The van der Waals surface area contributed by atoms with E-state index in [1.807, 2.05) is 6.92 Å². The highest BCUT2D eigenvalue weighted by Gasteiger charge is 2.28. The van der Waals surface area contributed by atoms with Gasteiger partial charge in [0.15, 0.2) is 0 Å². The second kappa shape index (κ2) is 6.67. The monoisotopic (exact) mass is 341 g/mol. The molecule has 0 spiro atoms. The molecule has 2 aliphatic rings. The summed E-state index contributed by atoms with van der Waals surface area (Å²) in [5.74, 6) is 1.77. The predicted octanol–water partition coefficient (Wildman–Crippen LogP) is 2.52. The van der Waals surface area contributed by atoms with Crippen LogP contribution in [0.25, 0.3) is 0 Å². The summed E-state index contributed by atoms with van der Waals surface area (Å²) in [6.45, 7) is 7.55. The van der Waals surface area contributed by atoms with Gasteiger partial charge in [0.25, 0.3) is 0 Å². The van der Waals surface area contributed by atoms with Gasteiger partial charge < -0.3 is 4.90 Å². The zero-order valence-electron chi connectivity index (χ0n) is 14.9. The molecule has 0 saturated carbocycles. The normalized spacial score (nSPS) is 20.8. The molecule has 1 saturated heterocycles. The summed E-state index contributed by atoms with van der Waals surface area (Å²) in [5.41, 5.74) is 3.29. The van der Waals surface area contributed by atoms with Crippen LogP contribution in [0, 0.1) is 12.7 Å². The summed E-state index contributed by atoms with van der Waals surface area (Å²) >= 11 is 0. The van der Waals surface area contributed by atoms with Gasteiger partial charge in [0, 0.05) is 55.2 Å². The maximum Gasteiger partial charge on any atom is 0.145 e. The van der Waals surface area contributed by atoms with Crippen molar-refractivity contribution in [3.05, 3.63) is 46.9 Å². The quantitative estimate of drug-likeness (QED) is 0.858. The van der Waals surface area contributed by atoms with Gasteiger partial charge in [0.1, 0.15) is 17.5 Å². The standard InChI is InChI=1S/C19H24FN5/c1-13-11-25(19-16-4-3-5-18(16)22-14(2)23-19)9-8-24(13)12-15-6-7-21-10-17(15)20/h6-7,10,13H,3-5,8-9,11-12H2,1-2H3. The molecule has 1 fully saturated rings. The number of rotatable bonds is 3. The predicted molar refractivity (Wildman–Crippen MR) is 95.1 cm³/mol. The number of fused-ring (bicyclic) bond motifs is 1. The van der Waals surface area contributed by atoms with Crippen LogP contribution in [-0.2, 0) is 19.4 Å². The van der Waals surface area contributed by atoms with Crippen LogP contribution >= 0.6 is 0 Å². The first-order valence-corrected chi connectivity index (χ1v) is 9.05. The topological polar surface area (TPSA) is 45.2 Å². The zero-order valence-corrected chi connectivity index (χ0v) is 14.9. The Morgan fingerprint density at radius 3 is 2.92 bits per heavy atom. The summed E-state index contributed by atoms with van der Waals surface area (Å²) in [5, 5.41) is 0. The molecule has 2 aromatic rings. The summed E-state index contributed by atoms with van der Waals surface area (Å²) in [6, 6.07) is 2.11. The highest BCUT2D eigenvalue weighted by atomic mass is 19.1. The Bertz CT molecular complexity index is 778. The molecule has 3 heterocycles. The summed E-state index contributed by atoms with van der Waals surface area (Å²) in [7, 11) is 0. The number of hydrogen-bond acceptors (Lipinski definition) is 5. The van der Waals surface area contributed by atoms with Crippen molar-refractivity contribution in [2.24, 2.45) is 0 Å². The van der Waals surface area contributed by atoms with Crippen molar-refractivity contribution in [3.63, 3.8) is 0 Å². The average Bonchev–Trinajstić information content (AvgIpc) is 3.06. The molecule has 132 valence electrons. The lowest BCUT2D eigenvalue weighted by Gasteiger charge is -2.41. The SMILES string of the molecule is Cc1nc2c(c(N3CCN(Cc4ccncc4F)C(C)C3)n1)CCC2. The number of piperazine rings is 1. The van der Waals surface area contributed by atoms with Gasteiger partial charge in [-0.2, -0.15) is 0 Å². The zero-order chi connectivity index (χ0) is 17.4. The second-order valence-corrected chi connectivity index (χ2v) is 7.11. The van der Waals surface area contributed by atoms with Crippen LogP contribution in [0.2, 0.25) is 0 Å². The average molecular weight is 341 g/mol. The van der Waals surface area contributed by atoms with Gasteiger partial charge in [0.05, 0.1) is 6.20 Å². The molecule has 1 atom stereocenters. The smallest absolute Gasteiger partial charge is 0.145 e. The van der Waals surface area contributed by atoms with Gasteiger partial charge in [-0.3, -0.25) is 9.88 Å². The van der Waals surface area contributed by atoms with Crippen LogP contribution in [0.1, 0.15) is 36.0 Å². The van der Waals surface area contributed by atoms with E-state index in [0.717, 1.165) is 44.1 Å². The molecule has 25 heavy (non-hydrogen) atoms. The number of aromatic nitrogens is 3. The Kier molecular flexibility index (Phi) is 4.37. The van der Waals surface area contributed by atoms with E-state index in [4.69, 9.17) is 4.98 Å². The van der Waals surface area contributed by atoms with E-state index in [-0.39, 0.29) is 5.82 Å². The van der Waals surface area contributed by atoms with Crippen LogP contribution in [0.4, 0.5) is 10.2 Å². The molecular formula is C19H24FN5. The third-order valence-electron chi connectivity index (χ3n) is 5.32. The minimum absolute atomic E-state index is 0.221. The molecule has 0 bridgehead atoms. The molecule has 0 radical (unpaired) electrons. The molecule has 1 aliphatic heterocycles. The third kappa shape index (κ3) is 3.23. The molecule has 1 aliphatic carbocycles. The Hall–Kier alpha value is -2.08. The molecule has 2 aromatic heterocycles. The summed E-state index contributed by atoms with van der Waals surface area (Å²) < 4.78 is 13.9. The van der Waals surface area contributed by atoms with Crippen molar-refractivity contribution < 1.29 is 4.39 Å². The van der Waals surface area contributed by atoms with E-state index < -0.39 is 0 Å². The Balaban J connectivity index is 1.50. The number of hydrogen-bond donors (Lipinski definition) is 0. The molecular weight excluding hydrogens is 317 g/mol. The number of halogens is 1. The number of anilines is 1. The van der Waals surface area contributed by atoms with E-state index >= 15 is 0 Å². The lowest BCUT2D eigenvalue weighted by Crippen LogP contribution is -2.52. The molecule has 0 N–H and O–H groups in total. The van der Waals surface area contributed by atoms with Gasteiger partial charge in [-0.1, -0.05) is 0 Å². The van der Waals surface area contributed by atoms with Crippen molar-refractivity contribution in [2.45, 2.75) is 45.7 Å². The molecule has 4 rings (SSSR count). The van der Waals surface area contributed by atoms with E-state index in [0.29, 0.717) is 18.2 Å². The van der Waals surface area contributed by atoms with E-state index in [9.17, 15) is 4.39 Å². The fourth-order valence-electron chi connectivity index (χ4n) is 3.97. The lowest BCUT2D eigenvalue weighted by molar-refractivity contribution is 0.178. The number of pyridine rings is 1. The minimum Gasteiger partial charge on any atom is -0.353 e. The largest absolute Gasteiger partial charge is 0.353 e. The van der Waals surface area contributed by atoms with E-state index in [2.05, 4.69) is 26.7 Å². The lowest BCUT2D eigenvalue weighted by atomic mass is 10.1. The van der Waals surface area contributed by atoms with Crippen molar-refractivity contribution in [1.82, 2.24) is 19.9 Å². The fraction of sp³-hybridized carbons (Fsp3) is 0.526. The van der Waals surface area contributed by atoms with E-state index in [1.54, 1.807) is 12.3 Å². The van der Waals surface area contributed by atoms with Gasteiger partial charge in [-0.15, -0.1) is 0 Å². The highest BCUT2D eigenvalue weighted by molar-refractivity contribution is 5.51. The molecule has 1 unspecified atom stereocenters. The van der Waals surface area contributed by atoms with Crippen LogP contribution in [-0.4, -0.2) is 45.5 Å². The van der Waals surface area contributed by atoms with Crippen LogP contribution in [0.5, 0.6) is 0 Å². The minimum atomic E-state index is -0.221. The maximum absolute atomic E-state index is 13.9. The van der Waals surface area contributed by atoms with Crippen molar-refractivity contribution in [3.8, 4) is 0 Å². The van der Waals surface area contributed by atoms with Gasteiger partial charge in [-0.05, 0) is 39.2 Å². The molecule has 5 nitrogen and oxygen atoms in total. The first kappa shape index (κ1) is 16.4. The fourth-order valence-corrected chi connectivity index (χ4v) is 3.97. The van der Waals surface area contributed by atoms with Crippen LogP contribution in [0.3, 0.4) is 0 Å². The van der Waals surface area contributed by atoms with Gasteiger partial charge in [-0.25, -0.2) is 14.4 Å². The first-order chi connectivity index (χ1) is 12.1. The van der Waals surface area contributed by atoms with Crippen molar-refractivity contribution >= 4 is 5.82 Å². The second-order valence-electron chi connectivity index (χ2n) is 7.11. The molecule has 6 heteroatoms. The van der Waals surface area contributed by atoms with Crippen molar-refractivity contribution in [1.29, 1.82) is 0 Å². The van der Waals surface area contributed by atoms with Crippen molar-refractivity contribution in [2.75, 3.05) is 24.5 Å².